The highest BCUT2D eigenvalue weighted by atomic mass is 15.2. The summed E-state index contributed by atoms with van der Waals surface area (Å²) in [4.78, 5) is 16.3. The fourth-order valence-corrected chi connectivity index (χ4v) is 10.6. The predicted octanol–water partition coefficient (Wildman–Crippen LogP) is 15.8. The molecule has 6 nitrogen and oxygen atoms in total. The zero-order chi connectivity index (χ0) is 45.4. The molecule has 14 aromatic rings. The van der Waals surface area contributed by atoms with E-state index in [0.29, 0.717) is 17.6 Å². The fraction of sp³-hybridized carbons (Fsp3) is 0. The molecule has 6 heteroatoms. The summed E-state index contributed by atoms with van der Waals surface area (Å²) in [5, 5.41) is 6.89. The van der Waals surface area contributed by atoms with E-state index in [0.717, 1.165) is 94.0 Å². The van der Waals surface area contributed by atoms with Gasteiger partial charge in [0.15, 0.2) is 11.6 Å². The van der Waals surface area contributed by atoms with Crippen molar-refractivity contribution in [3.63, 3.8) is 0 Å². The van der Waals surface area contributed by atoms with Crippen LogP contribution in [0.3, 0.4) is 0 Å². The van der Waals surface area contributed by atoms with E-state index in [1.54, 1.807) is 0 Å². The summed E-state index contributed by atoms with van der Waals surface area (Å²) in [6.07, 6.45) is 0. The van der Waals surface area contributed by atoms with Gasteiger partial charge in [-0.3, -0.25) is 4.57 Å². The standard InChI is InChI=1S/C63H40N6/c1-5-19-41(20-6-1)44-33-35-47(42-21-7-2-8-22-42)57(39-44)68-55-31-17-14-28-49(55)52-37-38-53-50-29-15-18-32-56(50)69(60(53)59(52)68)63-65-61(43-23-9-3-10-24-43)64-62(66-63)45-34-36-51-48-27-13-16-30-54(48)67(58(51)40-45)46-25-11-4-12-26-46/h1-40H. The number of hydrogen-bond acceptors (Lipinski definition) is 3. The Morgan fingerprint density at radius 2 is 0.710 bits per heavy atom. The van der Waals surface area contributed by atoms with Crippen LogP contribution in [0, 0.1) is 0 Å². The molecule has 322 valence electrons. The Hall–Kier alpha value is -9.39. The number of nitrogens with zero attached hydrogens (tertiary/aromatic N) is 6. The van der Waals surface area contributed by atoms with Gasteiger partial charge in [-0.05, 0) is 59.2 Å². The Balaban J connectivity index is 1.10. The van der Waals surface area contributed by atoms with E-state index in [1.165, 1.54) is 16.2 Å². The molecular formula is C63H40N6. The van der Waals surface area contributed by atoms with Crippen LogP contribution in [-0.4, -0.2) is 28.7 Å². The summed E-state index contributed by atoms with van der Waals surface area (Å²) < 4.78 is 7.10. The van der Waals surface area contributed by atoms with Crippen molar-refractivity contribution in [2.75, 3.05) is 0 Å². The van der Waals surface area contributed by atoms with E-state index in [4.69, 9.17) is 15.0 Å². The van der Waals surface area contributed by atoms with Gasteiger partial charge in [0.05, 0.1) is 38.8 Å². The van der Waals surface area contributed by atoms with Gasteiger partial charge in [0, 0.05) is 54.7 Å². The minimum atomic E-state index is 0.541. The summed E-state index contributed by atoms with van der Waals surface area (Å²) >= 11 is 0. The molecule has 0 aliphatic rings. The summed E-state index contributed by atoms with van der Waals surface area (Å²) in [6, 6.07) is 86.3. The molecule has 0 saturated carbocycles. The maximum Gasteiger partial charge on any atom is 0.238 e. The van der Waals surface area contributed by atoms with Crippen LogP contribution >= 0.6 is 0 Å². The number of para-hydroxylation sites is 4. The van der Waals surface area contributed by atoms with Gasteiger partial charge < -0.3 is 9.13 Å². The molecule has 69 heavy (non-hydrogen) atoms. The minimum Gasteiger partial charge on any atom is -0.309 e. The van der Waals surface area contributed by atoms with Gasteiger partial charge in [0.2, 0.25) is 5.95 Å². The highest BCUT2D eigenvalue weighted by molar-refractivity contribution is 6.24. The van der Waals surface area contributed by atoms with Gasteiger partial charge in [-0.25, -0.2) is 4.98 Å². The highest BCUT2D eigenvalue weighted by Crippen LogP contribution is 2.44. The zero-order valence-electron chi connectivity index (χ0n) is 37.3. The van der Waals surface area contributed by atoms with Gasteiger partial charge in [0.25, 0.3) is 0 Å². The lowest BCUT2D eigenvalue weighted by Crippen LogP contribution is -2.07. The molecule has 0 aliphatic heterocycles. The van der Waals surface area contributed by atoms with Gasteiger partial charge in [-0.15, -0.1) is 0 Å². The second kappa shape index (κ2) is 15.6. The molecular weight excluding hydrogens is 841 g/mol. The van der Waals surface area contributed by atoms with Crippen LogP contribution in [0.2, 0.25) is 0 Å². The lowest BCUT2D eigenvalue weighted by atomic mass is 9.98. The molecule has 0 unspecified atom stereocenters. The van der Waals surface area contributed by atoms with Crippen molar-refractivity contribution in [1.29, 1.82) is 0 Å². The summed E-state index contributed by atoms with van der Waals surface area (Å²) in [5.41, 5.74) is 15.0. The lowest BCUT2D eigenvalue weighted by molar-refractivity contribution is 0.953. The van der Waals surface area contributed by atoms with Crippen LogP contribution in [0.4, 0.5) is 0 Å². The highest BCUT2D eigenvalue weighted by Gasteiger charge is 2.25. The first-order chi connectivity index (χ1) is 34.2. The van der Waals surface area contributed by atoms with E-state index in [-0.39, 0.29) is 0 Å². The number of hydrogen-bond donors (Lipinski definition) is 0. The monoisotopic (exact) mass is 880 g/mol. The van der Waals surface area contributed by atoms with E-state index >= 15 is 0 Å². The summed E-state index contributed by atoms with van der Waals surface area (Å²) in [7, 11) is 0. The van der Waals surface area contributed by atoms with E-state index in [2.05, 4.69) is 238 Å². The third-order valence-electron chi connectivity index (χ3n) is 13.7. The first-order valence-electron chi connectivity index (χ1n) is 23.4. The van der Waals surface area contributed by atoms with Crippen LogP contribution in [-0.2, 0) is 0 Å². The van der Waals surface area contributed by atoms with Crippen molar-refractivity contribution in [2.45, 2.75) is 0 Å². The van der Waals surface area contributed by atoms with E-state index in [9.17, 15) is 0 Å². The largest absolute Gasteiger partial charge is 0.309 e. The molecule has 0 spiro atoms. The zero-order valence-corrected chi connectivity index (χ0v) is 37.3. The quantitative estimate of drug-likeness (QED) is 0.160. The predicted molar refractivity (Wildman–Crippen MR) is 285 cm³/mol. The Kier molecular flexibility index (Phi) is 8.79. The Bertz CT molecular complexity index is 4280. The second-order valence-electron chi connectivity index (χ2n) is 17.6. The molecule has 0 atom stereocenters. The smallest absolute Gasteiger partial charge is 0.238 e. The number of aromatic nitrogens is 6. The maximum atomic E-state index is 5.54. The molecule has 10 aromatic carbocycles. The van der Waals surface area contributed by atoms with Crippen LogP contribution < -0.4 is 0 Å². The molecule has 0 N–H and O–H groups in total. The lowest BCUT2D eigenvalue weighted by Gasteiger charge is -2.17. The Labute approximate surface area is 397 Å². The minimum absolute atomic E-state index is 0.541. The van der Waals surface area contributed by atoms with Crippen molar-refractivity contribution < 1.29 is 0 Å². The van der Waals surface area contributed by atoms with Gasteiger partial charge in [-0.2, -0.15) is 9.97 Å². The maximum absolute atomic E-state index is 5.54. The van der Waals surface area contributed by atoms with Gasteiger partial charge in [-0.1, -0.05) is 200 Å². The normalized spacial score (nSPS) is 11.8. The number of fused-ring (bicyclic) bond motifs is 10. The molecule has 4 aromatic heterocycles. The SMILES string of the molecule is c1ccc(-c2ccc(-c3ccccc3)c(-n3c4ccccc4c4ccc5c6ccccc6n(-c6nc(-c7ccccc7)nc(-c7ccc8c9ccccc9n(-c9ccccc9)c8c7)n6)c5c43)c2)cc1. The molecule has 4 heterocycles. The van der Waals surface area contributed by atoms with Crippen LogP contribution in [0.15, 0.2) is 243 Å². The first kappa shape index (κ1) is 38.8. The van der Waals surface area contributed by atoms with Crippen molar-refractivity contribution >= 4 is 65.4 Å². The number of benzene rings is 10. The third-order valence-corrected chi connectivity index (χ3v) is 13.7. The third kappa shape index (κ3) is 6.16. The molecule has 0 aliphatic carbocycles. The average molecular weight is 881 g/mol. The van der Waals surface area contributed by atoms with Crippen molar-refractivity contribution in [3.05, 3.63) is 243 Å². The topological polar surface area (TPSA) is 53.5 Å². The summed E-state index contributed by atoms with van der Waals surface area (Å²) in [5.74, 6) is 1.73. The Morgan fingerprint density at radius 1 is 0.261 bits per heavy atom. The average Bonchev–Trinajstić information content (AvgIpc) is 4.07. The second-order valence-corrected chi connectivity index (χ2v) is 17.6. The van der Waals surface area contributed by atoms with Gasteiger partial charge in [0.1, 0.15) is 0 Å². The van der Waals surface area contributed by atoms with Gasteiger partial charge >= 0.3 is 0 Å². The molecule has 0 radical (unpaired) electrons. The fourth-order valence-electron chi connectivity index (χ4n) is 10.6. The van der Waals surface area contributed by atoms with Crippen molar-refractivity contribution in [2.24, 2.45) is 0 Å². The van der Waals surface area contributed by atoms with Crippen molar-refractivity contribution in [1.82, 2.24) is 28.7 Å². The van der Waals surface area contributed by atoms with Crippen LogP contribution in [0.25, 0.3) is 128 Å². The molecule has 0 bridgehead atoms. The van der Waals surface area contributed by atoms with Crippen molar-refractivity contribution in [3.8, 4) is 62.4 Å². The first-order valence-corrected chi connectivity index (χ1v) is 23.4. The number of rotatable bonds is 7. The van der Waals surface area contributed by atoms with Crippen LogP contribution in [0.1, 0.15) is 0 Å². The van der Waals surface area contributed by atoms with Crippen LogP contribution in [0.5, 0.6) is 0 Å². The van der Waals surface area contributed by atoms with E-state index in [1.807, 2.05) is 18.2 Å². The summed E-state index contributed by atoms with van der Waals surface area (Å²) in [6.45, 7) is 0. The molecule has 0 amide bonds. The molecule has 0 saturated heterocycles. The van der Waals surface area contributed by atoms with E-state index < -0.39 is 0 Å². The molecule has 0 fully saturated rings. The Morgan fingerprint density at radius 3 is 1.35 bits per heavy atom. The molecule has 14 rings (SSSR count).